The minimum absolute atomic E-state index is 0.193. The van der Waals surface area contributed by atoms with E-state index < -0.39 is 0 Å². The van der Waals surface area contributed by atoms with Crippen LogP contribution in [0.1, 0.15) is 31.7 Å². The van der Waals surface area contributed by atoms with Crippen molar-refractivity contribution in [2.75, 3.05) is 13.2 Å². The zero-order chi connectivity index (χ0) is 18.5. The lowest BCUT2D eigenvalue weighted by Crippen LogP contribution is -2.44. The molecule has 26 heavy (non-hydrogen) atoms. The van der Waals surface area contributed by atoms with Crippen molar-refractivity contribution < 1.29 is 19.0 Å². The third-order valence-electron chi connectivity index (χ3n) is 4.80. The molecular formula is C21H24FNO3. The number of piperidine rings is 1. The highest BCUT2D eigenvalue weighted by Gasteiger charge is 2.30. The molecule has 1 saturated heterocycles. The second-order valence-corrected chi connectivity index (χ2v) is 6.58. The van der Waals surface area contributed by atoms with Crippen LogP contribution in [0.2, 0.25) is 0 Å². The molecule has 0 spiro atoms. The van der Waals surface area contributed by atoms with Crippen LogP contribution in [-0.2, 0) is 16.1 Å². The Morgan fingerprint density at radius 2 is 1.92 bits per heavy atom. The van der Waals surface area contributed by atoms with Crippen LogP contribution in [-0.4, -0.2) is 35.2 Å². The van der Waals surface area contributed by atoms with Gasteiger partial charge < -0.3 is 9.84 Å². The van der Waals surface area contributed by atoms with Gasteiger partial charge in [-0.15, -0.1) is 0 Å². The first-order valence-corrected chi connectivity index (χ1v) is 9.07. The largest absolute Gasteiger partial charge is 0.508 e. The first-order chi connectivity index (χ1) is 12.6. The van der Waals surface area contributed by atoms with Crippen LogP contribution in [0.3, 0.4) is 0 Å². The number of hydrogen-bond acceptors (Lipinski definition) is 4. The van der Waals surface area contributed by atoms with E-state index in [9.17, 15) is 14.3 Å². The lowest BCUT2D eigenvalue weighted by Gasteiger charge is -2.34. The number of hydrogen-bond donors (Lipinski definition) is 1. The number of carbonyl (C=O) groups is 1. The maximum atomic E-state index is 13.1. The fourth-order valence-electron chi connectivity index (χ4n) is 3.44. The molecule has 2 aromatic carbocycles. The van der Waals surface area contributed by atoms with Crippen molar-refractivity contribution in [2.24, 2.45) is 0 Å². The van der Waals surface area contributed by atoms with E-state index in [1.807, 2.05) is 19.1 Å². The highest BCUT2D eigenvalue weighted by Crippen LogP contribution is 2.29. The molecular weight excluding hydrogens is 333 g/mol. The average Bonchev–Trinajstić information content (AvgIpc) is 2.65. The number of phenolic OH excluding ortho intramolecular Hbond substituents is 1. The molecule has 1 N–H and O–H groups in total. The molecule has 4 nitrogen and oxygen atoms in total. The third kappa shape index (κ3) is 4.22. The number of rotatable bonds is 5. The van der Waals surface area contributed by atoms with Crippen LogP contribution < -0.4 is 0 Å². The normalized spacial score (nSPS) is 17.8. The maximum absolute atomic E-state index is 13.1. The molecule has 0 amide bonds. The molecule has 0 aliphatic carbocycles. The SMILES string of the molecule is CCOC(=O)[C@H]1CCCCN1Cc1cc(-c2ccc(F)cc2)ccc1O. The summed E-state index contributed by atoms with van der Waals surface area (Å²) >= 11 is 0. The number of benzene rings is 2. The van der Waals surface area contributed by atoms with Gasteiger partial charge in [-0.2, -0.15) is 0 Å². The molecule has 1 aliphatic heterocycles. The monoisotopic (exact) mass is 357 g/mol. The second-order valence-electron chi connectivity index (χ2n) is 6.58. The van der Waals surface area contributed by atoms with Crippen molar-refractivity contribution in [3.8, 4) is 16.9 Å². The number of esters is 1. The molecule has 2 aromatic rings. The summed E-state index contributed by atoms with van der Waals surface area (Å²) in [5.41, 5.74) is 2.54. The van der Waals surface area contributed by atoms with E-state index in [2.05, 4.69) is 4.90 Å². The number of nitrogens with zero attached hydrogens (tertiary/aromatic N) is 1. The summed E-state index contributed by atoms with van der Waals surface area (Å²) in [6.45, 7) is 3.45. The number of ether oxygens (including phenoxy) is 1. The summed E-state index contributed by atoms with van der Waals surface area (Å²) in [6, 6.07) is 11.4. The van der Waals surface area contributed by atoms with Crippen LogP contribution >= 0.6 is 0 Å². The molecule has 5 heteroatoms. The zero-order valence-corrected chi connectivity index (χ0v) is 15.0. The molecule has 1 atom stereocenters. The van der Waals surface area contributed by atoms with Gasteiger partial charge in [-0.3, -0.25) is 9.69 Å². The molecule has 1 heterocycles. The fourth-order valence-corrected chi connectivity index (χ4v) is 3.44. The number of carbonyl (C=O) groups excluding carboxylic acids is 1. The minimum atomic E-state index is -0.279. The fraction of sp³-hybridized carbons (Fsp3) is 0.381. The number of halogens is 1. The van der Waals surface area contributed by atoms with Crippen molar-refractivity contribution in [1.82, 2.24) is 4.90 Å². The highest BCUT2D eigenvalue weighted by atomic mass is 19.1. The summed E-state index contributed by atoms with van der Waals surface area (Å²) < 4.78 is 18.4. The quantitative estimate of drug-likeness (QED) is 0.818. The summed E-state index contributed by atoms with van der Waals surface area (Å²) in [5, 5.41) is 10.3. The summed E-state index contributed by atoms with van der Waals surface area (Å²) in [4.78, 5) is 14.3. The summed E-state index contributed by atoms with van der Waals surface area (Å²) in [5.74, 6) is -0.274. The molecule has 0 saturated carbocycles. The van der Waals surface area contributed by atoms with E-state index in [1.54, 1.807) is 18.2 Å². The van der Waals surface area contributed by atoms with Gasteiger partial charge in [0.15, 0.2) is 0 Å². The van der Waals surface area contributed by atoms with E-state index in [-0.39, 0.29) is 23.6 Å². The Morgan fingerprint density at radius 1 is 1.19 bits per heavy atom. The van der Waals surface area contributed by atoms with Gasteiger partial charge in [0.2, 0.25) is 0 Å². The third-order valence-corrected chi connectivity index (χ3v) is 4.80. The molecule has 0 radical (unpaired) electrons. The number of likely N-dealkylation sites (tertiary alicyclic amines) is 1. The summed E-state index contributed by atoms with van der Waals surface area (Å²) in [7, 11) is 0. The van der Waals surface area contributed by atoms with E-state index >= 15 is 0 Å². The van der Waals surface area contributed by atoms with Crippen LogP contribution in [0.5, 0.6) is 5.75 Å². The van der Waals surface area contributed by atoms with Gasteiger partial charge in [0.05, 0.1) is 6.61 Å². The molecule has 0 unspecified atom stereocenters. The van der Waals surface area contributed by atoms with Gasteiger partial charge in [0.1, 0.15) is 17.6 Å². The van der Waals surface area contributed by atoms with E-state index in [0.717, 1.165) is 42.5 Å². The Morgan fingerprint density at radius 3 is 2.65 bits per heavy atom. The zero-order valence-electron chi connectivity index (χ0n) is 15.0. The van der Waals surface area contributed by atoms with Gasteiger partial charge in [-0.1, -0.05) is 24.6 Å². The Balaban J connectivity index is 1.82. The van der Waals surface area contributed by atoms with E-state index in [1.165, 1.54) is 12.1 Å². The maximum Gasteiger partial charge on any atom is 0.323 e. The van der Waals surface area contributed by atoms with Crippen LogP contribution in [0.15, 0.2) is 42.5 Å². The van der Waals surface area contributed by atoms with E-state index in [4.69, 9.17) is 4.74 Å². The molecule has 3 rings (SSSR count). The van der Waals surface area contributed by atoms with Gasteiger partial charge in [-0.05, 0) is 61.7 Å². The van der Waals surface area contributed by atoms with Crippen LogP contribution in [0, 0.1) is 5.82 Å². The molecule has 1 fully saturated rings. The molecule has 0 bridgehead atoms. The van der Waals surface area contributed by atoms with Crippen molar-refractivity contribution in [3.63, 3.8) is 0 Å². The molecule has 138 valence electrons. The van der Waals surface area contributed by atoms with Crippen molar-refractivity contribution in [1.29, 1.82) is 0 Å². The average molecular weight is 357 g/mol. The highest BCUT2D eigenvalue weighted by molar-refractivity contribution is 5.76. The standard InChI is InChI=1S/C21H24FNO3/c1-2-26-21(25)19-5-3-4-12-23(19)14-17-13-16(8-11-20(17)24)15-6-9-18(22)10-7-15/h6-11,13,19,24H,2-5,12,14H2,1H3/t19-/m1/s1. The number of aromatic hydroxyl groups is 1. The van der Waals surface area contributed by atoms with Crippen LogP contribution in [0.25, 0.3) is 11.1 Å². The van der Waals surface area contributed by atoms with Crippen molar-refractivity contribution in [2.45, 2.75) is 38.8 Å². The van der Waals surface area contributed by atoms with Gasteiger partial charge >= 0.3 is 5.97 Å². The Kier molecular flexibility index (Phi) is 5.89. The Hall–Kier alpha value is -2.40. The molecule has 1 aliphatic rings. The van der Waals surface area contributed by atoms with Gasteiger partial charge in [0, 0.05) is 12.1 Å². The van der Waals surface area contributed by atoms with E-state index in [0.29, 0.717) is 13.2 Å². The van der Waals surface area contributed by atoms with Gasteiger partial charge in [0.25, 0.3) is 0 Å². The lowest BCUT2D eigenvalue weighted by molar-refractivity contribution is -0.151. The second kappa shape index (κ2) is 8.32. The smallest absolute Gasteiger partial charge is 0.323 e. The van der Waals surface area contributed by atoms with Gasteiger partial charge in [-0.25, -0.2) is 4.39 Å². The predicted molar refractivity (Wildman–Crippen MR) is 98.2 cm³/mol. The van der Waals surface area contributed by atoms with Crippen molar-refractivity contribution >= 4 is 5.97 Å². The summed E-state index contributed by atoms with van der Waals surface area (Å²) in [6.07, 6.45) is 2.80. The minimum Gasteiger partial charge on any atom is -0.508 e. The Bertz CT molecular complexity index is 760. The van der Waals surface area contributed by atoms with Crippen molar-refractivity contribution in [3.05, 3.63) is 53.8 Å². The molecule has 0 aromatic heterocycles. The number of phenols is 1. The van der Waals surface area contributed by atoms with Crippen LogP contribution in [0.4, 0.5) is 4.39 Å². The first kappa shape index (κ1) is 18.4. The topological polar surface area (TPSA) is 49.8 Å². The first-order valence-electron chi connectivity index (χ1n) is 9.07. The Labute approximate surface area is 153 Å². The lowest BCUT2D eigenvalue weighted by atomic mass is 9.99. The predicted octanol–water partition coefficient (Wildman–Crippen LogP) is 4.12.